The molecule has 0 unspecified atom stereocenters. The van der Waals surface area contributed by atoms with Crippen LogP contribution >= 0.6 is 0 Å². The average Bonchev–Trinajstić information content (AvgIpc) is 1.58. The van der Waals surface area contributed by atoms with Crippen LogP contribution in [-0.2, 0) is 17.1 Å². The Labute approximate surface area is 613 Å². The second kappa shape index (κ2) is 30.0. The minimum Gasteiger partial charge on any atom is -0.357 e. The van der Waals surface area contributed by atoms with E-state index in [1.54, 1.807) is 0 Å². The Morgan fingerprint density at radius 1 is 0.219 bits per heavy atom. The van der Waals surface area contributed by atoms with Gasteiger partial charge in [-0.1, -0.05) is 243 Å². The molecule has 12 aromatic carbocycles. The van der Waals surface area contributed by atoms with Gasteiger partial charge >= 0.3 is 17.1 Å². The van der Waals surface area contributed by atoms with Crippen molar-refractivity contribution in [3.63, 3.8) is 0 Å². The summed E-state index contributed by atoms with van der Waals surface area (Å²) in [7, 11) is 0. The molecule has 0 fully saturated rings. The van der Waals surface area contributed by atoms with E-state index >= 15 is 0 Å². The minimum absolute atomic E-state index is 0. The van der Waals surface area contributed by atoms with Crippen molar-refractivity contribution in [2.45, 2.75) is 0 Å². The molecule has 2 aliphatic rings. The standard InChI is InChI=1S/C88H56N16.Cu/c1-9-25-57(26-10-1)49-89-65-41-69-77(73(45-65)93-53-61-33-17-5-18-34-61)85-97-81(69)101-86-78-70(42-66(90-50-58-27-11-2-12-28-58)46-74(78)94-54-62-35-19-6-20-36-62)83(98-86)103-88-80-72(44-68(92-52-60-31-15-4-16-32-60)48-76(80)96-56-64-39-23-8-24-40-64)84(100-88)104-87-79-71(82(99-87)102-85)43-67(91-51-59-29-13-3-14-30-59)47-75(79)95-55-63-37-21-7-22-38-63;/h1-56H;/q-2;+2. The first-order valence-corrected chi connectivity index (χ1v) is 33.6. The number of benzene rings is 12. The Morgan fingerprint density at radius 3 is 0.724 bits per heavy atom. The van der Waals surface area contributed by atoms with Crippen LogP contribution < -0.4 is 9.97 Å². The molecule has 0 saturated heterocycles. The zero-order valence-corrected chi connectivity index (χ0v) is 56.7. The molecule has 0 atom stereocenters. The maximum atomic E-state index is 5.59. The summed E-state index contributed by atoms with van der Waals surface area (Å²) < 4.78 is 0. The molecule has 499 valence electrons. The van der Waals surface area contributed by atoms with Crippen molar-refractivity contribution in [2.24, 2.45) is 39.9 Å². The fraction of sp³-hybridized carbons (Fsp3) is 0. The molecular formula is C88H56CuN16. The van der Waals surface area contributed by atoms with E-state index < -0.39 is 0 Å². The van der Waals surface area contributed by atoms with Gasteiger partial charge in [-0.3, -0.25) is 39.9 Å². The minimum atomic E-state index is 0. The number of aromatic nitrogens is 8. The average molecular weight is 1400 g/mol. The smallest absolute Gasteiger partial charge is 0.357 e. The van der Waals surface area contributed by atoms with Gasteiger partial charge in [0.15, 0.2) is 0 Å². The van der Waals surface area contributed by atoms with Gasteiger partial charge in [0, 0.05) is 105 Å². The van der Waals surface area contributed by atoms with Gasteiger partial charge in [-0.05, 0) is 104 Å². The van der Waals surface area contributed by atoms with Gasteiger partial charge in [-0.15, -0.1) is 0 Å². The molecule has 1 radical (unpaired) electrons. The number of hydrogen-bond acceptors (Lipinski definition) is 14. The maximum absolute atomic E-state index is 5.59. The van der Waals surface area contributed by atoms with Crippen LogP contribution in [0.15, 0.2) is 331 Å². The number of aliphatic imine (C=N–C) groups is 8. The van der Waals surface area contributed by atoms with E-state index in [9.17, 15) is 0 Å². The Balaban J connectivity index is 0.00000847. The molecule has 2 aliphatic heterocycles. The van der Waals surface area contributed by atoms with Crippen molar-refractivity contribution >= 4 is 139 Å². The molecule has 15 aromatic rings. The SMILES string of the molecule is C(=Nc1cc(N=Cc2ccccc2)c2c(c1)-c1nc-2nc2[n-]c(nc3nc(nc4[n-]c(n1)c1c(N=Cc5ccccc5)cc(N=Cc5ccccc5)cc41)-c1c(N=Cc4ccccc4)cc(N=Cc4ccccc4)cc1-3)c1c(N=Cc3ccccc3)cc(N=Cc3ccccc3)cc21)c1ccccc1.[Cu+2]. The summed E-state index contributed by atoms with van der Waals surface area (Å²) in [5.41, 5.74) is 14.8. The monoisotopic (exact) mass is 1400 g/mol. The second-order valence-corrected chi connectivity index (χ2v) is 24.4. The first kappa shape index (κ1) is 65.5. The van der Waals surface area contributed by atoms with Crippen LogP contribution in [0.1, 0.15) is 44.5 Å². The van der Waals surface area contributed by atoms with E-state index in [2.05, 4.69) is 0 Å². The molecule has 0 amide bonds. The number of hydrogen-bond donors (Lipinski definition) is 0. The summed E-state index contributed by atoms with van der Waals surface area (Å²) in [6.07, 6.45) is 14.6. The predicted molar refractivity (Wildman–Crippen MR) is 424 cm³/mol. The zero-order valence-electron chi connectivity index (χ0n) is 55.8. The summed E-state index contributed by atoms with van der Waals surface area (Å²) >= 11 is 0. The maximum Gasteiger partial charge on any atom is 2.00 e. The summed E-state index contributed by atoms with van der Waals surface area (Å²) in [6, 6.07) is 94.9. The quantitative estimate of drug-likeness (QED) is 0.0670. The van der Waals surface area contributed by atoms with Crippen molar-refractivity contribution < 1.29 is 17.1 Å². The van der Waals surface area contributed by atoms with Gasteiger partial charge in [-0.25, -0.2) is 9.97 Å². The molecule has 0 spiro atoms. The molecule has 17 rings (SSSR count). The predicted octanol–water partition coefficient (Wildman–Crippen LogP) is 20.1. The van der Waals surface area contributed by atoms with Crippen molar-refractivity contribution in [3.8, 4) is 45.6 Å². The van der Waals surface area contributed by atoms with Crippen LogP contribution in [0.4, 0.5) is 45.5 Å². The third kappa shape index (κ3) is 14.6. The topological polar surface area (TPSA) is 204 Å². The first-order chi connectivity index (χ1) is 51.5. The fourth-order valence-corrected chi connectivity index (χ4v) is 12.2. The Kier molecular flexibility index (Phi) is 18.7. The van der Waals surface area contributed by atoms with Crippen LogP contribution in [0, 0.1) is 0 Å². The summed E-state index contributed by atoms with van der Waals surface area (Å²) in [5, 5.41) is 2.28. The third-order valence-corrected chi connectivity index (χ3v) is 17.2. The van der Waals surface area contributed by atoms with Crippen LogP contribution in [0.5, 0.6) is 0 Å². The summed E-state index contributed by atoms with van der Waals surface area (Å²) in [4.78, 5) is 85.7. The molecule has 0 N–H and O–H groups in total. The molecule has 16 nitrogen and oxygen atoms in total. The van der Waals surface area contributed by atoms with Gasteiger partial charge < -0.3 is 29.9 Å². The number of nitrogens with zero attached hydrogens (tertiary/aromatic N) is 16. The van der Waals surface area contributed by atoms with E-state index in [0.717, 1.165) is 44.5 Å². The van der Waals surface area contributed by atoms with Gasteiger partial charge in [0.25, 0.3) is 0 Å². The third-order valence-electron chi connectivity index (χ3n) is 17.2. The number of rotatable bonds is 16. The van der Waals surface area contributed by atoms with Crippen molar-refractivity contribution in [1.82, 2.24) is 39.9 Å². The fourth-order valence-electron chi connectivity index (χ4n) is 12.2. The normalized spacial score (nSPS) is 12.2. The molecular weight excluding hydrogens is 1340 g/mol. The van der Waals surface area contributed by atoms with Gasteiger partial charge in [0.2, 0.25) is 0 Å². The second-order valence-electron chi connectivity index (χ2n) is 24.4. The Hall–Kier alpha value is -14.1. The molecule has 0 aliphatic carbocycles. The molecule has 5 heterocycles. The first-order valence-electron chi connectivity index (χ1n) is 33.6. The van der Waals surface area contributed by atoms with Crippen LogP contribution in [-0.4, -0.2) is 79.6 Å². The molecule has 17 heteroatoms. The van der Waals surface area contributed by atoms with Crippen molar-refractivity contribution in [2.75, 3.05) is 0 Å². The number of fused-ring (bicyclic) bond motifs is 20. The van der Waals surface area contributed by atoms with E-state index in [0.29, 0.717) is 89.3 Å². The molecule has 3 aromatic heterocycles. The van der Waals surface area contributed by atoms with E-state index in [1.165, 1.54) is 0 Å². The van der Waals surface area contributed by atoms with E-state index in [-0.39, 0.29) is 63.0 Å². The van der Waals surface area contributed by atoms with Gasteiger partial charge in [0.1, 0.15) is 0 Å². The Bertz CT molecular complexity index is 5800. The van der Waals surface area contributed by atoms with E-state index in [4.69, 9.17) is 79.8 Å². The summed E-state index contributed by atoms with van der Waals surface area (Å²) in [5.74, 6) is 1.03. The van der Waals surface area contributed by atoms with Crippen molar-refractivity contribution in [3.05, 3.63) is 336 Å². The van der Waals surface area contributed by atoms with Gasteiger partial charge in [-0.2, -0.15) is 0 Å². The van der Waals surface area contributed by atoms with Gasteiger partial charge in [0.05, 0.1) is 68.8 Å². The van der Waals surface area contributed by atoms with Crippen LogP contribution in [0.2, 0.25) is 0 Å². The van der Waals surface area contributed by atoms with Crippen LogP contribution in [0.3, 0.4) is 0 Å². The zero-order chi connectivity index (χ0) is 69.4. The molecule has 8 bridgehead atoms. The van der Waals surface area contributed by atoms with Crippen molar-refractivity contribution in [1.29, 1.82) is 0 Å². The summed E-state index contributed by atoms with van der Waals surface area (Å²) in [6.45, 7) is 0. The van der Waals surface area contributed by atoms with Crippen LogP contribution in [0.25, 0.3) is 89.7 Å². The van der Waals surface area contributed by atoms with E-state index in [1.807, 2.05) is 341 Å². The molecule has 0 saturated carbocycles. The molecule has 105 heavy (non-hydrogen) atoms. The largest absolute Gasteiger partial charge is 2.00 e. The Morgan fingerprint density at radius 2 is 0.448 bits per heavy atom.